The van der Waals surface area contributed by atoms with Crippen molar-refractivity contribution in [2.45, 2.75) is 33.6 Å². The summed E-state index contributed by atoms with van der Waals surface area (Å²) in [6.07, 6.45) is 1.02. The Morgan fingerprint density at radius 2 is 1.89 bits per heavy atom. The van der Waals surface area contributed by atoms with Crippen molar-refractivity contribution in [2.24, 2.45) is 11.3 Å². The first kappa shape index (κ1) is 21.2. The van der Waals surface area contributed by atoms with E-state index in [9.17, 15) is 18.8 Å². The van der Waals surface area contributed by atoms with Crippen LogP contribution in [0.4, 0.5) is 10.1 Å². The lowest BCUT2D eigenvalue weighted by molar-refractivity contribution is -0.155. The Kier molecular flexibility index (Phi) is 6.81. The average Bonchev–Trinajstić information content (AvgIpc) is 2.61. The molecule has 1 aromatic carbocycles. The van der Waals surface area contributed by atoms with Gasteiger partial charge in [-0.15, -0.1) is 0 Å². The van der Waals surface area contributed by atoms with E-state index in [0.717, 1.165) is 6.07 Å². The van der Waals surface area contributed by atoms with E-state index in [1.54, 1.807) is 4.90 Å². The number of carbonyl (C=O) groups is 3. The smallest absolute Gasteiger partial charge is 0.309 e. The Balaban J connectivity index is 1.77. The molecule has 148 valence electrons. The first-order valence-electron chi connectivity index (χ1n) is 8.79. The molecule has 1 saturated heterocycles. The average molecular weight is 399 g/mol. The summed E-state index contributed by atoms with van der Waals surface area (Å²) < 4.78 is 18.2. The zero-order valence-electron chi connectivity index (χ0n) is 15.7. The molecule has 0 radical (unpaired) electrons. The number of hydrogen-bond acceptors (Lipinski definition) is 4. The number of piperidine rings is 1. The van der Waals surface area contributed by atoms with Gasteiger partial charge in [-0.1, -0.05) is 32.4 Å². The predicted molar refractivity (Wildman–Crippen MR) is 99.8 cm³/mol. The number of likely N-dealkylation sites (tertiary alicyclic amines) is 1. The summed E-state index contributed by atoms with van der Waals surface area (Å²) in [6, 6.07) is 3.78. The molecule has 1 fully saturated rings. The number of esters is 1. The van der Waals surface area contributed by atoms with Crippen LogP contribution in [0.1, 0.15) is 33.6 Å². The van der Waals surface area contributed by atoms with Gasteiger partial charge in [-0.25, -0.2) is 4.39 Å². The lowest BCUT2D eigenvalue weighted by Crippen LogP contribution is -2.45. The van der Waals surface area contributed by atoms with Gasteiger partial charge in [0.15, 0.2) is 6.61 Å². The number of rotatable bonds is 4. The zero-order valence-corrected chi connectivity index (χ0v) is 16.4. The minimum absolute atomic E-state index is 0.0617. The first-order valence-corrected chi connectivity index (χ1v) is 9.16. The number of halogens is 2. The van der Waals surface area contributed by atoms with Crippen LogP contribution in [0.3, 0.4) is 0 Å². The standard InChI is InChI=1S/C19H24ClFN2O4/c1-19(2,3)18(26)23-8-6-12(7-9-23)17(25)27-11-16(24)22-13-4-5-15(21)14(20)10-13/h4-5,10,12H,6-9,11H2,1-3H3,(H,22,24). The Hall–Kier alpha value is -2.15. The fourth-order valence-electron chi connectivity index (χ4n) is 2.82. The molecule has 1 heterocycles. The Morgan fingerprint density at radius 3 is 2.44 bits per heavy atom. The number of amides is 2. The molecule has 0 unspecified atom stereocenters. The van der Waals surface area contributed by atoms with Crippen molar-refractivity contribution in [1.29, 1.82) is 0 Å². The summed E-state index contributed by atoms with van der Waals surface area (Å²) >= 11 is 5.65. The van der Waals surface area contributed by atoms with Crippen LogP contribution in [-0.2, 0) is 19.1 Å². The fraction of sp³-hybridized carbons (Fsp3) is 0.526. The summed E-state index contributed by atoms with van der Waals surface area (Å²) in [6.45, 7) is 6.15. The molecular weight excluding hydrogens is 375 g/mol. The predicted octanol–water partition coefficient (Wildman–Crippen LogP) is 3.25. The fourth-order valence-corrected chi connectivity index (χ4v) is 3.00. The second-order valence-corrected chi connectivity index (χ2v) is 8.01. The van der Waals surface area contributed by atoms with E-state index in [1.165, 1.54) is 12.1 Å². The summed E-state index contributed by atoms with van der Waals surface area (Å²) in [4.78, 5) is 38.0. The van der Waals surface area contributed by atoms with Gasteiger partial charge in [-0.2, -0.15) is 0 Å². The van der Waals surface area contributed by atoms with E-state index in [0.29, 0.717) is 31.6 Å². The molecule has 0 bridgehead atoms. The molecule has 0 aromatic heterocycles. The number of hydrogen-bond donors (Lipinski definition) is 1. The van der Waals surface area contributed by atoms with Crippen molar-refractivity contribution >= 4 is 35.1 Å². The van der Waals surface area contributed by atoms with E-state index in [4.69, 9.17) is 16.3 Å². The summed E-state index contributed by atoms with van der Waals surface area (Å²) in [7, 11) is 0. The number of anilines is 1. The van der Waals surface area contributed by atoms with Crippen LogP contribution >= 0.6 is 11.6 Å². The molecule has 6 nitrogen and oxygen atoms in total. The molecule has 27 heavy (non-hydrogen) atoms. The van der Waals surface area contributed by atoms with Crippen LogP contribution in [0.5, 0.6) is 0 Å². The summed E-state index contributed by atoms with van der Waals surface area (Å²) in [5, 5.41) is 2.38. The van der Waals surface area contributed by atoms with Crippen LogP contribution in [0.15, 0.2) is 18.2 Å². The summed E-state index contributed by atoms with van der Waals surface area (Å²) in [5.41, 5.74) is -0.134. The highest BCUT2D eigenvalue weighted by atomic mass is 35.5. The molecule has 8 heteroatoms. The molecule has 1 aliphatic heterocycles. The van der Waals surface area contributed by atoms with Crippen LogP contribution < -0.4 is 5.32 Å². The topological polar surface area (TPSA) is 75.7 Å². The molecule has 0 spiro atoms. The molecule has 1 aliphatic rings. The molecular formula is C19H24ClFN2O4. The van der Waals surface area contributed by atoms with Gasteiger partial charge in [-0.3, -0.25) is 14.4 Å². The molecule has 1 aromatic rings. The van der Waals surface area contributed by atoms with Crippen LogP contribution in [0.25, 0.3) is 0 Å². The monoisotopic (exact) mass is 398 g/mol. The van der Waals surface area contributed by atoms with Gasteiger partial charge >= 0.3 is 5.97 Å². The van der Waals surface area contributed by atoms with Crippen molar-refractivity contribution in [3.63, 3.8) is 0 Å². The largest absolute Gasteiger partial charge is 0.455 e. The first-order chi connectivity index (χ1) is 12.6. The Labute approximate surface area is 163 Å². The molecule has 0 atom stereocenters. The van der Waals surface area contributed by atoms with Crippen molar-refractivity contribution in [1.82, 2.24) is 4.90 Å². The van der Waals surface area contributed by atoms with Crippen molar-refractivity contribution in [2.75, 3.05) is 25.0 Å². The van der Waals surface area contributed by atoms with Gasteiger partial charge in [0.2, 0.25) is 5.91 Å². The van der Waals surface area contributed by atoms with Gasteiger partial charge in [0.05, 0.1) is 10.9 Å². The maximum Gasteiger partial charge on any atom is 0.309 e. The number of carbonyl (C=O) groups excluding carboxylic acids is 3. The van der Waals surface area contributed by atoms with Crippen molar-refractivity contribution in [3.8, 4) is 0 Å². The molecule has 2 amide bonds. The van der Waals surface area contributed by atoms with Gasteiger partial charge in [0.25, 0.3) is 5.91 Å². The molecule has 0 saturated carbocycles. The Bertz CT molecular complexity index is 725. The molecule has 1 N–H and O–H groups in total. The normalized spacial score (nSPS) is 15.4. The van der Waals surface area contributed by atoms with Crippen LogP contribution in [0, 0.1) is 17.2 Å². The Morgan fingerprint density at radius 1 is 1.26 bits per heavy atom. The van der Waals surface area contributed by atoms with E-state index < -0.39 is 29.7 Å². The minimum Gasteiger partial charge on any atom is -0.455 e. The van der Waals surface area contributed by atoms with E-state index in [1.807, 2.05) is 20.8 Å². The van der Waals surface area contributed by atoms with Gasteiger partial charge in [0.1, 0.15) is 5.82 Å². The maximum absolute atomic E-state index is 13.1. The van der Waals surface area contributed by atoms with Gasteiger partial charge < -0.3 is 15.0 Å². The third-order valence-electron chi connectivity index (χ3n) is 4.31. The van der Waals surface area contributed by atoms with E-state index in [2.05, 4.69) is 5.32 Å². The number of nitrogens with one attached hydrogen (secondary N) is 1. The van der Waals surface area contributed by atoms with Crippen LogP contribution in [0.2, 0.25) is 5.02 Å². The van der Waals surface area contributed by atoms with E-state index >= 15 is 0 Å². The quantitative estimate of drug-likeness (QED) is 0.790. The third-order valence-corrected chi connectivity index (χ3v) is 4.60. The van der Waals surface area contributed by atoms with Gasteiger partial charge in [-0.05, 0) is 31.0 Å². The highest BCUT2D eigenvalue weighted by Crippen LogP contribution is 2.24. The molecule has 0 aliphatic carbocycles. The SMILES string of the molecule is CC(C)(C)C(=O)N1CCC(C(=O)OCC(=O)Nc2ccc(F)c(Cl)c2)CC1. The maximum atomic E-state index is 13.1. The lowest BCUT2D eigenvalue weighted by Gasteiger charge is -2.34. The second-order valence-electron chi connectivity index (χ2n) is 7.60. The third kappa shape index (κ3) is 5.92. The van der Waals surface area contributed by atoms with E-state index in [-0.39, 0.29) is 16.8 Å². The highest BCUT2D eigenvalue weighted by molar-refractivity contribution is 6.31. The lowest BCUT2D eigenvalue weighted by atomic mass is 9.91. The van der Waals surface area contributed by atoms with Crippen molar-refractivity contribution < 1.29 is 23.5 Å². The number of benzene rings is 1. The highest BCUT2D eigenvalue weighted by Gasteiger charge is 2.33. The zero-order chi connectivity index (χ0) is 20.2. The number of nitrogens with zero attached hydrogens (tertiary/aromatic N) is 1. The number of ether oxygens (including phenoxy) is 1. The summed E-state index contributed by atoms with van der Waals surface area (Å²) in [5.74, 6) is -1.84. The minimum atomic E-state index is -0.586. The molecule has 2 rings (SSSR count). The van der Waals surface area contributed by atoms with Crippen molar-refractivity contribution in [3.05, 3.63) is 29.0 Å². The van der Waals surface area contributed by atoms with Crippen LogP contribution in [-0.4, -0.2) is 42.4 Å². The van der Waals surface area contributed by atoms with Gasteiger partial charge in [0, 0.05) is 24.2 Å². The second kappa shape index (κ2) is 8.69.